The highest BCUT2D eigenvalue weighted by atomic mass is 35.5. The fraction of sp³-hybridized carbons (Fsp3) is 0.111. The third-order valence-corrected chi connectivity index (χ3v) is 4.01. The summed E-state index contributed by atoms with van der Waals surface area (Å²) in [6.45, 7) is 0. The molecule has 2 aromatic rings. The van der Waals surface area contributed by atoms with Crippen molar-refractivity contribution in [2.45, 2.75) is 10.6 Å². The lowest BCUT2D eigenvalue weighted by atomic mass is 10.3. The van der Waals surface area contributed by atoms with Gasteiger partial charge < -0.3 is 5.73 Å². The van der Waals surface area contributed by atoms with Gasteiger partial charge in [0.1, 0.15) is 5.01 Å². The molecule has 2 rings (SSSR count). The minimum absolute atomic E-state index is 0.478. The van der Waals surface area contributed by atoms with Crippen LogP contribution in [0, 0.1) is 0 Å². The molecule has 0 unspecified atom stereocenters. The van der Waals surface area contributed by atoms with Crippen LogP contribution < -0.4 is 5.73 Å². The highest BCUT2D eigenvalue weighted by Crippen LogP contribution is 2.29. The van der Waals surface area contributed by atoms with E-state index in [1.54, 1.807) is 11.8 Å². The highest BCUT2D eigenvalue weighted by molar-refractivity contribution is 7.98. The zero-order valence-electron chi connectivity index (χ0n) is 7.68. The zero-order chi connectivity index (χ0) is 10.7. The van der Waals surface area contributed by atoms with Gasteiger partial charge in [0.05, 0.1) is 5.75 Å². The van der Waals surface area contributed by atoms with E-state index in [9.17, 15) is 0 Å². The van der Waals surface area contributed by atoms with Crippen molar-refractivity contribution in [3.05, 3.63) is 33.7 Å². The number of hydrogen-bond donors (Lipinski definition) is 1. The first-order chi connectivity index (χ1) is 7.25. The Morgan fingerprint density at radius 1 is 1.33 bits per heavy atom. The van der Waals surface area contributed by atoms with Gasteiger partial charge in [0.25, 0.3) is 0 Å². The van der Waals surface area contributed by atoms with Gasteiger partial charge >= 0.3 is 0 Å². The molecular formula is C9H8ClN3S2. The lowest BCUT2D eigenvalue weighted by molar-refractivity contribution is 1.04. The van der Waals surface area contributed by atoms with Crippen LogP contribution in [0.2, 0.25) is 4.47 Å². The van der Waals surface area contributed by atoms with Gasteiger partial charge in [-0.3, -0.25) is 0 Å². The number of aromatic nitrogens is 2. The number of rotatable bonds is 3. The number of halogens is 1. The lowest BCUT2D eigenvalue weighted by Crippen LogP contribution is -1.87. The van der Waals surface area contributed by atoms with Gasteiger partial charge in [0, 0.05) is 10.6 Å². The summed E-state index contributed by atoms with van der Waals surface area (Å²) in [5.74, 6) is 0.749. The lowest BCUT2D eigenvalue weighted by Gasteiger charge is -2.02. The Hall–Kier alpha value is -0.780. The summed E-state index contributed by atoms with van der Waals surface area (Å²) in [4.78, 5) is 1.06. The Morgan fingerprint density at radius 3 is 2.80 bits per heavy atom. The molecule has 0 saturated heterocycles. The van der Waals surface area contributed by atoms with Crippen LogP contribution in [0.15, 0.2) is 29.2 Å². The van der Waals surface area contributed by atoms with Crippen molar-refractivity contribution in [2.75, 3.05) is 5.73 Å². The van der Waals surface area contributed by atoms with Gasteiger partial charge in [-0.05, 0) is 23.7 Å². The van der Waals surface area contributed by atoms with Crippen LogP contribution in [-0.4, -0.2) is 10.2 Å². The van der Waals surface area contributed by atoms with Gasteiger partial charge in [0.2, 0.25) is 4.47 Å². The van der Waals surface area contributed by atoms with Gasteiger partial charge in [-0.2, -0.15) is 0 Å². The molecule has 0 atom stereocenters. The quantitative estimate of drug-likeness (QED) is 0.678. The molecular weight excluding hydrogens is 250 g/mol. The van der Waals surface area contributed by atoms with Crippen LogP contribution in [0.5, 0.6) is 0 Å². The standard InChI is InChI=1S/C9H8ClN3S2/c10-9-13-12-8(15-9)5-14-7-4-2-1-3-6(7)11/h1-4H,5,11H2. The molecule has 0 radical (unpaired) electrons. The average molecular weight is 258 g/mol. The first-order valence-electron chi connectivity index (χ1n) is 4.21. The van der Waals surface area contributed by atoms with E-state index < -0.39 is 0 Å². The molecule has 1 aromatic heterocycles. The smallest absolute Gasteiger partial charge is 0.207 e. The molecule has 0 saturated carbocycles. The van der Waals surface area contributed by atoms with E-state index in [0.717, 1.165) is 21.3 Å². The second-order valence-corrected chi connectivity index (χ2v) is 5.44. The van der Waals surface area contributed by atoms with Crippen LogP contribution in [0.1, 0.15) is 5.01 Å². The molecule has 0 aliphatic carbocycles. The third kappa shape index (κ3) is 2.84. The zero-order valence-corrected chi connectivity index (χ0v) is 10.1. The van der Waals surface area contributed by atoms with E-state index in [2.05, 4.69) is 10.2 Å². The Morgan fingerprint density at radius 2 is 2.13 bits per heavy atom. The van der Waals surface area contributed by atoms with Crippen LogP contribution >= 0.6 is 34.7 Å². The van der Waals surface area contributed by atoms with E-state index in [0.29, 0.717) is 4.47 Å². The number of nitrogens with two attached hydrogens (primary N) is 1. The largest absolute Gasteiger partial charge is 0.398 e. The van der Waals surface area contributed by atoms with Crippen molar-refractivity contribution in [1.29, 1.82) is 0 Å². The number of benzene rings is 1. The number of nitrogens with zero attached hydrogens (tertiary/aromatic N) is 2. The number of anilines is 1. The van der Waals surface area contributed by atoms with Crippen LogP contribution in [0.3, 0.4) is 0 Å². The summed E-state index contributed by atoms with van der Waals surface area (Å²) in [5, 5.41) is 8.59. The normalized spacial score (nSPS) is 10.5. The fourth-order valence-corrected chi connectivity index (χ4v) is 2.86. The maximum absolute atomic E-state index is 5.81. The Labute approximate surface area is 101 Å². The molecule has 0 aliphatic heterocycles. The minimum atomic E-state index is 0.478. The van der Waals surface area contributed by atoms with Gasteiger partial charge in [-0.15, -0.1) is 22.0 Å². The topological polar surface area (TPSA) is 51.8 Å². The molecule has 2 N–H and O–H groups in total. The fourth-order valence-electron chi connectivity index (χ4n) is 1.04. The van der Waals surface area contributed by atoms with Crippen molar-refractivity contribution in [1.82, 2.24) is 10.2 Å². The Balaban J connectivity index is 2.02. The molecule has 3 nitrogen and oxygen atoms in total. The number of nitrogen functional groups attached to an aromatic ring is 1. The summed E-state index contributed by atoms with van der Waals surface area (Å²) >= 11 is 8.72. The number of thioether (sulfide) groups is 1. The first kappa shape index (κ1) is 10.7. The molecule has 1 aromatic carbocycles. The molecule has 0 bridgehead atoms. The van der Waals surface area contributed by atoms with Crippen molar-refractivity contribution >= 4 is 40.4 Å². The molecule has 0 amide bonds. The van der Waals surface area contributed by atoms with E-state index in [1.165, 1.54) is 11.3 Å². The number of hydrogen-bond acceptors (Lipinski definition) is 5. The summed E-state index contributed by atoms with van der Waals surface area (Å²) in [6.07, 6.45) is 0. The molecule has 6 heteroatoms. The molecule has 15 heavy (non-hydrogen) atoms. The predicted octanol–water partition coefficient (Wildman–Crippen LogP) is 3.07. The monoisotopic (exact) mass is 257 g/mol. The summed E-state index contributed by atoms with van der Waals surface area (Å²) in [5.41, 5.74) is 6.60. The molecule has 0 fully saturated rings. The summed E-state index contributed by atoms with van der Waals surface area (Å²) in [7, 11) is 0. The van der Waals surface area contributed by atoms with E-state index in [1.807, 2.05) is 24.3 Å². The SMILES string of the molecule is Nc1ccccc1SCc1nnc(Cl)s1. The van der Waals surface area contributed by atoms with Gasteiger partial charge in [-0.25, -0.2) is 0 Å². The van der Waals surface area contributed by atoms with Crippen LogP contribution in [0.25, 0.3) is 0 Å². The minimum Gasteiger partial charge on any atom is -0.398 e. The first-order valence-corrected chi connectivity index (χ1v) is 6.39. The van der Waals surface area contributed by atoms with Crippen molar-refractivity contribution in [3.8, 4) is 0 Å². The van der Waals surface area contributed by atoms with Crippen molar-refractivity contribution < 1.29 is 0 Å². The second kappa shape index (κ2) is 4.83. The number of para-hydroxylation sites is 1. The Bertz CT molecular complexity index is 458. The second-order valence-electron chi connectivity index (χ2n) is 2.78. The van der Waals surface area contributed by atoms with Crippen LogP contribution in [-0.2, 0) is 5.75 Å². The van der Waals surface area contributed by atoms with Gasteiger partial charge in [0.15, 0.2) is 0 Å². The molecule has 0 aliphatic rings. The molecule has 78 valence electrons. The van der Waals surface area contributed by atoms with E-state index in [-0.39, 0.29) is 0 Å². The molecule has 0 spiro atoms. The Kier molecular flexibility index (Phi) is 3.45. The highest BCUT2D eigenvalue weighted by Gasteiger charge is 2.04. The predicted molar refractivity (Wildman–Crippen MR) is 65.3 cm³/mol. The van der Waals surface area contributed by atoms with Crippen LogP contribution in [0.4, 0.5) is 5.69 Å². The maximum atomic E-state index is 5.81. The summed E-state index contributed by atoms with van der Waals surface area (Å²) < 4.78 is 0.478. The van der Waals surface area contributed by atoms with Crippen molar-refractivity contribution in [3.63, 3.8) is 0 Å². The third-order valence-electron chi connectivity index (χ3n) is 1.71. The average Bonchev–Trinajstić information content (AvgIpc) is 2.63. The van der Waals surface area contributed by atoms with Gasteiger partial charge in [-0.1, -0.05) is 23.5 Å². The van der Waals surface area contributed by atoms with E-state index in [4.69, 9.17) is 17.3 Å². The maximum Gasteiger partial charge on any atom is 0.207 e. The summed E-state index contributed by atoms with van der Waals surface area (Å²) in [6, 6.07) is 7.75. The van der Waals surface area contributed by atoms with E-state index >= 15 is 0 Å². The van der Waals surface area contributed by atoms with Crippen molar-refractivity contribution in [2.24, 2.45) is 0 Å². The molecule has 1 heterocycles.